The first-order valence-corrected chi connectivity index (χ1v) is 4.87. The van der Waals surface area contributed by atoms with Crippen LogP contribution in [-0.4, -0.2) is 25.3 Å². The Morgan fingerprint density at radius 2 is 1.88 bits per heavy atom. The fourth-order valence-corrected chi connectivity index (χ4v) is 1.18. The summed E-state index contributed by atoms with van der Waals surface area (Å²) in [5, 5.41) is 0. The maximum Gasteiger partial charge on any atom is 0.190 e. The van der Waals surface area contributed by atoms with Crippen LogP contribution in [0.25, 0.3) is 0 Å². The van der Waals surface area contributed by atoms with Crippen LogP contribution in [0.15, 0.2) is 12.1 Å². The predicted octanol–water partition coefficient (Wildman–Crippen LogP) is 1.62. The van der Waals surface area contributed by atoms with Gasteiger partial charge in [-0.1, -0.05) is 12.2 Å². The molecule has 0 saturated heterocycles. The number of ether oxygens (including phenoxy) is 2. The molecule has 0 aliphatic carbocycles. The summed E-state index contributed by atoms with van der Waals surface area (Å²) in [6.07, 6.45) is 0. The van der Waals surface area contributed by atoms with Crippen molar-refractivity contribution in [1.29, 1.82) is 0 Å². The van der Waals surface area contributed by atoms with E-state index in [4.69, 9.17) is 15.2 Å². The highest BCUT2D eigenvalue weighted by Gasteiger charge is 2.13. The topological polar surface area (TPSA) is 44.5 Å². The van der Waals surface area contributed by atoms with Gasteiger partial charge in [0, 0.05) is 12.7 Å². The van der Waals surface area contributed by atoms with Crippen LogP contribution < -0.4 is 10.5 Å². The first-order valence-electron chi connectivity index (χ1n) is 4.47. The fraction of sp³-hybridized carbons (Fsp3) is 0.300. The molecule has 1 rings (SSSR count). The minimum atomic E-state index is -0.834. The molecular formula is C10H11F2NO2S. The Kier molecular flexibility index (Phi) is 4.57. The molecular weight excluding hydrogens is 236 g/mol. The number of methoxy groups -OCH3 is 1. The molecule has 1 aromatic rings. The summed E-state index contributed by atoms with van der Waals surface area (Å²) in [5.74, 6) is -2.12. The summed E-state index contributed by atoms with van der Waals surface area (Å²) in [4.78, 5) is -0.0683. The van der Waals surface area contributed by atoms with E-state index in [1.54, 1.807) is 0 Å². The highest BCUT2D eigenvalue weighted by atomic mass is 32.1. The molecule has 0 aliphatic rings. The van der Waals surface area contributed by atoms with Gasteiger partial charge in [0.05, 0.1) is 6.61 Å². The highest BCUT2D eigenvalue weighted by Crippen LogP contribution is 2.23. The van der Waals surface area contributed by atoms with E-state index in [0.29, 0.717) is 0 Å². The minimum Gasteiger partial charge on any atom is -0.485 e. The van der Waals surface area contributed by atoms with Crippen LogP contribution in [0.5, 0.6) is 5.75 Å². The van der Waals surface area contributed by atoms with Gasteiger partial charge in [-0.05, 0) is 12.1 Å². The number of nitrogens with two attached hydrogens (primary N) is 1. The van der Waals surface area contributed by atoms with E-state index in [9.17, 15) is 8.78 Å². The minimum absolute atomic E-state index is 0.0662. The Balaban J connectivity index is 2.89. The number of benzene rings is 1. The molecule has 0 aromatic heterocycles. The van der Waals surface area contributed by atoms with Gasteiger partial charge in [-0.2, -0.15) is 0 Å². The predicted molar refractivity (Wildman–Crippen MR) is 59.6 cm³/mol. The molecule has 0 radical (unpaired) electrons. The Morgan fingerprint density at radius 3 is 2.31 bits per heavy atom. The molecule has 1 aromatic carbocycles. The van der Waals surface area contributed by atoms with Crippen LogP contribution in [0.1, 0.15) is 5.56 Å². The third kappa shape index (κ3) is 3.11. The van der Waals surface area contributed by atoms with Crippen LogP contribution >= 0.6 is 12.2 Å². The number of hydrogen-bond acceptors (Lipinski definition) is 3. The average Bonchev–Trinajstić information content (AvgIpc) is 2.21. The second kappa shape index (κ2) is 5.72. The average molecular weight is 247 g/mol. The van der Waals surface area contributed by atoms with Crippen LogP contribution in [0, 0.1) is 11.6 Å². The summed E-state index contributed by atoms with van der Waals surface area (Å²) in [6, 6.07) is 2.07. The summed E-state index contributed by atoms with van der Waals surface area (Å²) in [7, 11) is 1.46. The highest BCUT2D eigenvalue weighted by molar-refractivity contribution is 7.80. The van der Waals surface area contributed by atoms with Gasteiger partial charge in [0.2, 0.25) is 0 Å². The van der Waals surface area contributed by atoms with Crippen LogP contribution in [0.3, 0.4) is 0 Å². The number of thiocarbonyl (C=S) groups is 1. The Bertz CT molecular complexity index is 375. The Labute approximate surface area is 97.1 Å². The summed E-state index contributed by atoms with van der Waals surface area (Å²) < 4.78 is 36.3. The normalized spacial score (nSPS) is 10.2. The zero-order valence-electron chi connectivity index (χ0n) is 8.63. The van der Waals surface area contributed by atoms with Crippen LogP contribution in [0.2, 0.25) is 0 Å². The van der Waals surface area contributed by atoms with Gasteiger partial charge < -0.3 is 15.2 Å². The van der Waals surface area contributed by atoms with E-state index in [2.05, 4.69) is 12.2 Å². The number of hydrogen-bond donors (Lipinski definition) is 1. The first-order chi connectivity index (χ1) is 7.56. The quantitative estimate of drug-likeness (QED) is 0.634. The summed E-state index contributed by atoms with van der Waals surface area (Å²) in [5.41, 5.74) is 5.39. The van der Waals surface area contributed by atoms with E-state index in [1.165, 1.54) is 7.11 Å². The van der Waals surface area contributed by atoms with Crippen LogP contribution in [0.4, 0.5) is 8.78 Å². The van der Waals surface area contributed by atoms with Crippen molar-refractivity contribution in [3.05, 3.63) is 29.3 Å². The van der Waals surface area contributed by atoms with Crippen LogP contribution in [-0.2, 0) is 4.74 Å². The lowest BCUT2D eigenvalue weighted by Crippen LogP contribution is -2.12. The second-order valence-corrected chi connectivity index (χ2v) is 3.41. The standard InChI is InChI=1S/C10H11F2NO2S/c1-14-2-3-15-9-7(11)4-6(10(13)16)5-8(9)12/h4-5H,2-3H2,1H3,(H2,13,16). The largest absolute Gasteiger partial charge is 0.485 e. The van der Waals surface area contributed by atoms with Crippen molar-refractivity contribution < 1.29 is 18.3 Å². The molecule has 0 saturated carbocycles. The third-order valence-electron chi connectivity index (χ3n) is 1.82. The van der Waals surface area contributed by atoms with Crippen molar-refractivity contribution in [2.45, 2.75) is 0 Å². The lowest BCUT2D eigenvalue weighted by molar-refractivity contribution is 0.141. The van der Waals surface area contributed by atoms with Gasteiger partial charge in [0.25, 0.3) is 0 Å². The SMILES string of the molecule is COCCOc1c(F)cc(C(N)=S)cc1F. The zero-order chi connectivity index (χ0) is 12.1. The molecule has 0 amide bonds. The zero-order valence-corrected chi connectivity index (χ0v) is 9.44. The van der Waals surface area contributed by atoms with E-state index in [-0.39, 0.29) is 23.8 Å². The van der Waals surface area contributed by atoms with E-state index >= 15 is 0 Å². The summed E-state index contributed by atoms with van der Waals surface area (Å²) in [6.45, 7) is 0.312. The molecule has 0 unspecified atom stereocenters. The molecule has 2 N–H and O–H groups in total. The molecule has 0 bridgehead atoms. The van der Waals surface area contributed by atoms with E-state index < -0.39 is 17.4 Å². The van der Waals surface area contributed by atoms with Crippen molar-refractivity contribution >= 4 is 17.2 Å². The maximum atomic E-state index is 13.4. The van der Waals surface area contributed by atoms with Gasteiger partial charge in [-0.3, -0.25) is 0 Å². The molecule has 16 heavy (non-hydrogen) atoms. The smallest absolute Gasteiger partial charge is 0.190 e. The molecule has 0 aliphatic heterocycles. The van der Waals surface area contributed by atoms with Crippen molar-refractivity contribution in [3.8, 4) is 5.75 Å². The van der Waals surface area contributed by atoms with E-state index in [1.807, 2.05) is 0 Å². The molecule has 0 heterocycles. The molecule has 6 heteroatoms. The molecule has 88 valence electrons. The molecule has 0 fully saturated rings. The van der Waals surface area contributed by atoms with Crippen molar-refractivity contribution in [2.24, 2.45) is 5.73 Å². The van der Waals surface area contributed by atoms with Gasteiger partial charge in [0.15, 0.2) is 17.4 Å². The lowest BCUT2D eigenvalue weighted by Gasteiger charge is -2.09. The van der Waals surface area contributed by atoms with Gasteiger partial charge >= 0.3 is 0 Å². The monoisotopic (exact) mass is 247 g/mol. The van der Waals surface area contributed by atoms with Crippen molar-refractivity contribution in [2.75, 3.05) is 20.3 Å². The van der Waals surface area contributed by atoms with Crippen molar-refractivity contribution in [3.63, 3.8) is 0 Å². The lowest BCUT2D eigenvalue weighted by atomic mass is 10.2. The summed E-state index contributed by atoms with van der Waals surface area (Å²) >= 11 is 4.61. The van der Waals surface area contributed by atoms with Gasteiger partial charge in [-0.15, -0.1) is 0 Å². The number of halogens is 2. The maximum absolute atomic E-state index is 13.4. The van der Waals surface area contributed by atoms with Crippen molar-refractivity contribution in [1.82, 2.24) is 0 Å². The fourth-order valence-electron chi connectivity index (χ4n) is 1.07. The Hall–Kier alpha value is -1.27. The molecule has 3 nitrogen and oxygen atoms in total. The Morgan fingerprint density at radius 1 is 1.31 bits per heavy atom. The van der Waals surface area contributed by atoms with Gasteiger partial charge in [0.1, 0.15) is 11.6 Å². The number of rotatable bonds is 5. The first kappa shape index (κ1) is 12.8. The van der Waals surface area contributed by atoms with E-state index in [0.717, 1.165) is 12.1 Å². The molecule has 0 atom stereocenters. The third-order valence-corrected chi connectivity index (χ3v) is 2.05. The van der Waals surface area contributed by atoms with Gasteiger partial charge in [-0.25, -0.2) is 8.78 Å². The second-order valence-electron chi connectivity index (χ2n) is 2.97. The molecule has 0 spiro atoms.